The van der Waals surface area contributed by atoms with Gasteiger partial charge in [-0.1, -0.05) is 5.92 Å². The fourth-order valence-corrected chi connectivity index (χ4v) is 2.30. The molecule has 20 heavy (non-hydrogen) atoms. The monoisotopic (exact) mass is 273 g/mol. The highest BCUT2D eigenvalue weighted by molar-refractivity contribution is 5.77. The third-order valence-electron chi connectivity index (χ3n) is 3.35. The van der Waals surface area contributed by atoms with Crippen LogP contribution in [-0.4, -0.2) is 11.6 Å². The largest absolute Gasteiger partial charge is 0.460 e. The normalized spacial score (nSPS) is 11.1. The summed E-state index contributed by atoms with van der Waals surface area (Å²) in [5, 5.41) is 0. The first-order valence-corrected chi connectivity index (χ1v) is 6.65. The predicted molar refractivity (Wildman–Crippen MR) is 82.5 cm³/mol. The van der Waals surface area contributed by atoms with Gasteiger partial charge in [0.25, 0.3) is 0 Å². The molecule has 0 aliphatic carbocycles. The van der Waals surface area contributed by atoms with E-state index in [2.05, 4.69) is 5.92 Å². The number of anilines is 1. The zero-order valence-corrected chi connectivity index (χ0v) is 13.2. The van der Waals surface area contributed by atoms with Gasteiger partial charge < -0.3 is 10.5 Å². The fraction of sp³-hybridized carbons (Fsp3) is 0.471. The number of hydrogen-bond donors (Lipinski definition) is 1. The molecule has 0 aliphatic rings. The molecule has 2 N–H and O–H groups in total. The van der Waals surface area contributed by atoms with E-state index in [9.17, 15) is 4.79 Å². The molecule has 108 valence electrons. The lowest BCUT2D eigenvalue weighted by molar-refractivity contribution is -0.153. The van der Waals surface area contributed by atoms with Crippen molar-refractivity contribution in [3.63, 3.8) is 0 Å². The van der Waals surface area contributed by atoms with Gasteiger partial charge in [0.05, 0.1) is 6.42 Å². The SMILES string of the molecule is C#Cc1c(C)c(N)c(C)c(CC(=O)OC(C)(C)C)c1C. The summed E-state index contributed by atoms with van der Waals surface area (Å²) in [5.74, 6) is 2.39. The minimum absolute atomic E-state index is 0.189. The summed E-state index contributed by atoms with van der Waals surface area (Å²) in [7, 11) is 0. The minimum Gasteiger partial charge on any atom is -0.460 e. The van der Waals surface area contributed by atoms with Crippen LogP contribution < -0.4 is 5.73 Å². The number of nitrogens with two attached hydrogens (primary N) is 1. The summed E-state index contributed by atoms with van der Waals surface area (Å²) < 4.78 is 5.36. The van der Waals surface area contributed by atoms with Crippen molar-refractivity contribution in [2.75, 3.05) is 5.73 Å². The standard InChI is InChI=1S/C17H23NO2/c1-8-13-10(2)14(12(4)16(18)11(13)3)9-15(19)20-17(5,6)7/h1H,9,18H2,2-7H3. The molecule has 3 nitrogen and oxygen atoms in total. The Bertz CT molecular complexity index is 587. The van der Waals surface area contributed by atoms with Crippen molar-refractivity contribution in [3.05, 3.63) is 27.8 Å². The summed E-state index contributed by atoms with van der Waals surface area (Å²) in [4.78, 5) is 12.0. The van der Waals surface area contributed by atoms with Gasteiger partial charge in [-0.2, -0.15) is 0 Å². The number of nitrogen functional groups attached to an aromatic ring is 1. The topological polar surface area (TPSA) is 52.3 Å². The van der Waals surface area contributed by atoms with Crippen LogP contribution in [0.2, 0.25) is 0 Å². The quantitative estimate of drug-likeness (QED) is 0.512. The molecule has 0 bridgehead atoms. The van der Waals surface area contributed by atoms with Crippen LogP contribution in [0.1, 0.15) is 48.6 Å². The summed E-state index contributed by atoms with van der Waals surface area (Å²) in [5.41, 5.74) is 10.6. The van der Waals surface area contributed by atoms with Crippen molar-refractivity contribution in [3.8, 4) is 12.3 Å². The van der Waals surface area contributed by atoms with E-state index in [0.29, 0.717) is 5.69 Å². The Morgan fingerprint density at radius 3 is 2.20 bits per heavy atom. The van der Waals surface area contributed by atoms with Crippen LogP contribution in [0.4, 0.5) is 5.69 Å². The Morgan fingerprint density at radius 1 is 1.20 bits per heavy atom. The van der Waals surface area contributed by atoms with Gasteiger partial charge in [-0.05, 0) is 63.8 Å². The van der Waals surface area contributed by atoms with Gasteiger partial charge in [-0.3, -0.25) is 4.79 Å². The minimum atomic E-state index is -0.496. The van der Waals surface area contributed by atoms with Crippen LogP contribution in [0.3, 0.4) is 0 Å². The average Bonchev–Trinajstić information content (AvgIpc) is 2.31. The molecule has 0 unspecified atom stereocenters. The first-order valence-electron chi connectivity index (χ1n) is 6.65. The van der Waals surface area contributed by atoms with Crippen LogP contribution in [0, 0.1) is 33.1 Å². The first-order chi connectivity index (χ1) is 9.08. The average molecular weight is 273 g/mol. The number of ether oxygens (including phenoxy) is 1. The number of rotatable bonds is 2. The maximum absolute atomic E-state index is 12.0. The molecule has 0 amide bonds. The molecule has 0 atom stereocenters. The van der Waals surface area contributed by atoms with Gasteiger partial charge in [0.1, 0.15) is 5.60 Å². The number of esters is 1. The number of hydrogen-bond acceptors (Lipinski definition) is 3. The Hall–Kier alpha value is -1.95. The highest BCUT2D eigenvalue weighted by Gasteiger charge is 2.20. The van der Waals surface area contributed by atoms with Gasteiger partial charge in [0.15, 0.2) is 0 Å². The maximum Gasteiger partial charge on any atom is 0.310 e. The third kappa shape index (κ3) is 3.33. The Balaban J connectivity index is 3.24. The third-order valence-corrected chi connectivity index (χ3v) is 3.35. The Kier molecular flexibility index (Phi) is 4.50. The maximum atomic E-state index is 12.0. The molecule has 0 radical (unpaired) electrons. The van der Waals surface area contributed by atoms with Crippen molar-refractivity contribution in [2.45, 2.75) is 53.6 Å². The molecule has 0 saturated carbocycles. The van der Waals surface area contributed by atoms with Crippen LogP contribution in [0.25, 0.3) is 0 Å². The second-order valence-electron chi connectivity index (χ2n) is 6.05. The highest BCUT2D eigenvalue weighted by Crippen LogP contribution is 2.29. The first kappa shape index (κ1) is 16.1. The molecular weight excluding hydrogens is 250 g/mol. The van der Waals surface area contributed by atoms with Crippen molar-refractivity contribution in [1.82, 2.24) is 0 Å². The second-order valence-corrected chi connectivity index (χ2v) is 6.05. The van der Waals surface area contributed by atoms with E-state index in [-0.39, 0.29) is 12.4 Å². The Labute approximate surface area is 121 Å². The lowest BCUT2D eigenvalue weighted by Crippen LogP contribution is -2.25. The van der Waals surface area contributed by atoms with E-state index < -0.39 is 5.60 Å². The van der Waals surface area contributed by atoms with Gasteiger partial charge >= 0.3 is 5.97 Å². The number of benzene rings is 1. The summed E-state index contributed by atoms with van der Waals surface area (Å²) in [6.45, 7) is 11.3. The fourth-order valence-electron chi connectivity index (χ4n) is 2.30. The smallest absolute Gasteiger partial charge is 0.310 e. The van der Waals surface area contributed by atoms with Crippen LogP contribution in [-0.2, 0) is 16.0 Å². The molecular formula is C17H23NO2. The number of carbonyl (C=O) groups excluding carboxylic acids is 1. The molecule has 1 aromatic rings. The zero-order valence-electron chi connectivity index (χ0n) is 13.2. The van der Waals surface area contributed by atoms with Crippen molar-refractivity contribution >= 4 is 11.7 Å². The van der Waals surface area contributed by atoms with E-state index in [1.54, 1.807) is 0 Å². The molecule has 0 aliphatic heterocycles. The predicted octanol–water partition coefficient (Wildman–Crippen LogP) is 3.06. The molecule has 0 heterocycles. The molecule has 3 heteroatoms. The number of carbonyl (C=O) groups is 1. The summed E-state index contributed by atoms with van der Waals surface area (Å²) in [6, 6.07) is 0. The highest BCUT2D eigenvalue weighted by atomic mass is 16.6. The van der Waals surface area contributed by atoms with Gasteiger partial charge in [-0.25, -0.2) is 0 Å². The van der Waals surface area contributed by atoms with E-state index in [0.717, 1.165) is 27.8 Å². The van der Waals surface area contributed by atoms with E-state index in [1.807, 2.05) is 41.5 Å². The molecule has 0 saturated heterocycles. The molecule has 0 fully saturated rings. The molecule has 1 aromatic carbocycles. The lowest BCUT2D eigenvalue weighted by atomic mass is 9.90. The van der Waals surface area contributed by atoms with Crippen molar-refractivity contribution in [2.24, 2.45) is 0 Å². The number of terminal acetylenes is 1. The second kappa shape index (κ2) is 5.58. The van der Waals surface area contributed by atoms with Crippen LogP contribution in [0.5, 0.6) is 0 Å². The van der Waals surface area contributed by atoms with E-state index in [4.69, 9.17) is 16.9 Å². The van der Waals surface area contributed by atoms with Crippen LogP contribution >= 0.6 is 0 Å². The van der Waals surface area contributed by atoms with Crippen molar-refractivity contribution in [1.29, 1.82) is 0 Å². The van der Waals surface area contributed by atoms with Gasteiger partial charge in [0, 0.05) is 11.3 Å². The zero-order chi connectivity index (χ0) is 15.7. The molecule has 0 aromatic heterocycles. The van der Waals surface area contributed by atoms with Gasteiger partial charge in [-0.15, -0.1) is 6.42 Å². The Morgan fingerprint density at radius 2 is 1.75 bits per heavy atom. The van der Waals surface area contributed by atoms with E-state index >= 15 is 0 Å². The van der Waals surface area contributed by atoms with Crippen LogP contribution in [0.15, 0.2) is 0 Å². The summed E-state index contributed by atoms with van der Waals surface area (Å²) >= 11 is 0. The molecule has 1 rings (SSSR count). The van der Waals surface area contributed by atoms with Gasteiger partial charge in [0.2, 0.25) is 0 Å². The lowest BCUT2D eigenvalue weighted by Gasteiger charge is -2.21. The van der Waals surface area contributed by atoms with E-state index in [1.165, 1.54) is 0 Å². The molecule has 0 spiro atoms. The summed E-state index contributed by atoms with van der Waals surface area (Å²) in [6.07, 6.45) is 5.74. The van der Waals surface area contributed by atoms with Crippen molar-refractivity contribution < 1.29 is 9.53 Å².